The molecule has 5 nitrogen and oxygen atoms in total. The molecule has 2 aliphatic rings. The molecule has 0 spiro atoms. The molecule has 0 saturated heterocycles. The summed E-state index contributed by atoms with van der Waals surface area (Å²) in [6, 6.07) is 10.6. The molecule has 1 aromatic heterocycles. The van der Waals surface area contributed by atoms with Crippen LogP contribution in [0.5, 0.6) is 0 Å². The Hall–Kier alpha value is -3.15. The quantitative estimate of drug-likeness (QED) is 0.354. The summed E-state index contributed by atoms with van der Waals surface area (Å²) in [5.41, 5.74) is 3.81. The zero-order valence-corrected chi connectivity index (χ0v) is 22.4. The number of fused-ring (bicyclic) bond motifs is 5. The van der Waals surface area contributed by atoms with E-state index in [0.29, 0.717) is 24.4 Å². The molecule has 2 heterocycles. The number of aromatic nitrogens is 1. The Labute approximate surface area is 217 Å². The number of esters is 2. The van der Waals surface area contributed by atoms with Gasteiger partial charge in [-0.25, -0.2) is 9.18 Å². The summed E-state index contributed by atoms with van der Waals surface area (Å²) >= 11 is 0. The standard InChI is InChI=1S/C31H36FNO4/c1-30(2,3)37-29(35)31(4)17-21-15-22(32)12-14-23(21)27-26(19-9-7-6-8-10-19)24-13-11-20(28(34)36-5)16-25(24)33(27)18-31/h11-16,19H,6-10,17-18H2,1-5H3. The van der Waals surface area contributed by atoms with Gasteiger partial charge in [0.05, 0.1) is 23.8 Å². The Morgan fingerprint density at radius 3 is 2.46 bits per heavy atom. The van der Waals surface area contributed by atoms with Gasteiger partial charge in [0.2, 0.25) is 0 Å². The first-order valence-electron chi connectivity index (χ1n) is 13.3. The van der Waals surface area contributed by atoms with Crippen molar-refractivity contribution in [2.75, 3.05) is 7.11 Å². The molecule has 1 aliphatic heterocycles. The minimum Gasteiger partial charge on any atom is -0.465 e. The molecule has 0 amide bonds. The molecule has 6 heteroatoms. The zero-order valence-electron chi connectivity index (χ0n) is 22.4. The number of rotatable bonds is 3. The number of hydrogen-bond acceptors (Lipinski definition) is 4. The maximum atomic E-state index is 14.6. The number of methoxy groups -OCH3 is 1. The van der Waals surface area contributed by atoms with Crippen LogP contribution in [0.3, 0.4) is 0 Å². The Balaban J connectivity index is 1.81. The number of ether oxygens (including phenoxy) is 2. The maximum absolute atomic E-state index is 14.6. The fraction of sp³-hybridized carbons (Fsp3) is 0.484. The van der Waals surface area contributed by atoms with Gasteiger partial charge in [-0.05, 0) is 94.3 Å². The predicted octanol–water partition coefficient (Wildman–Crippen LogP) is 7.19. The van der Waals surface area contributed by atoms with Crippen molar-refractivity contribution in [3.8, 4) is 11.3 Å². The summed E-state index contributed by atoms with van der Waals surface area (Å²) in [4.78, 5) is 26.1. The van der Waals surface area contributed by atoms with Crippen LogP contribution in [0, 0.1) is 11.2 Å². The van der Waals surface area contributed by atoms with Crippen LogP contribution in [0.4, 0.5) is 4.39 Å². The van der Waals surface area contributed by atoms with Crippen LogP contribution in [0.1, 0.15) is 87.2 Å². The van der Waals surface area contributed by atoms with Crippen molar-refractivity contribution in [2.24, 2.45) is 5.41 Å². The fourth-order valence-corrected chi connectivity index (χ4v) is 6.18. The third-order valence-corrected chi connectivity index (χ3v) is 7.84. The van der Waals surface area contributed by atoms with Crippen LogP contribution in [-0.4, -0.2) is 29.2 Å². The van der Waals surface area contributed by atoms with Crippen LogP contribution in [0.2, 0.25) is 0 Å². The van der Waals surface area contributed by atoms with Crippen LogP contribution < -0.4 is 0 Å². The number of carbonyl (C=O) groups is 2. The molecule has 0 radical (unpaired) electrons. The average Bonchev–Trinajstić information content (AvgIpc) is 3.08. The highest BCUT2D eigenvalue weighted by atomic mass is 19.1. The molecule has 0 bridgehead atoms. The van der Waals surface area contributed by atoms with Gasteiger partial charge in [-0.1, -0.05) is 25.3 Å². The first-order chi connectivity index (χ1) is 17.5. The van der Waals surface area contributed by atoms with Crippen molar-refractivity contribution in [3.05, 3.63) is 58.9 Å². The van der Waals surface area contributed by atoms with E-state index in [0.717, 1.165) is 40.6 Å². The highest BCUT2D eigenvalue weighted by molar-refractivity contribution is 5.99. The van der Waals surface area contributed by atoms with Crippen LogP contribution in [-0.2, 0) is 27.2 Å². The second kappa shape index (κ2) is 9.30. The van der Waals surface area contributed by atoms with Gasteiger partial charge in [-0.3, -0.25) is 4.79 Å². The Morgan fingerprint density at radius 1 is 1.05 bits per heavy atom. The van der Waals surface area contributed by atoms with Gasteiger partial charge in [0, 0.05) is 23.0 Å². The van der Waals surface area contributed by atoms with Crippen LogP contribution >= 0.6 is 0 Å². The number of carbonyl (C=O) groups excluding carboxylic acids is 2. The molecule has 5 rings (SSSR count). The summed E-state index contributed by atoms with van der Waals surface area (Å²) < 4.78 is 27.7. The summed E-state index contributed by atoms with van der Waals surface area (Å²) in [6.07, 6.45) is 6.11. The van der Waals surface area contributed by atoms with E-state index < -0.39 is 17.0 Å². The lowest BCUT2D eigenvalue weighted by Gasteiger charge is -2.31. The topological polar surface area (TPSA) is 57.5 Å². The molecule has 37 heavy (non-hydrogen) atoms. The first kappa shape index (κ1) is 25.5. The van der Waals surface area contributed by atoms with E-state index in [4.69, 9.17) is 9.47 Å². The minimum absolute atomic E-state index is 0.312. The lowest BCUT2D eigenvalue weighted by atomic mass is 9.80. The summed E-state index contributed by atoms with van der Waals surface area (Å²) in [5.74, 6) is -0.668. The molecule has 1 unspecified atom stereocenters. The minimum atomic E-state index is -0.932. The third kappa shape index (κ3) is 4.67. The number of nitrogens with zero attached hydrogens (tertiary/aromatic N) is 1. The van der Waals surface area contributed by atoms with Crippen LogP contribution in [0.15, 0.2) is 36.4 Å². The highest BCUT2D eigenvalue weighted by Gasteiger charge is 2.42. The van der Waals surface area contributed by atoms with Gasteiger partial charge in [0.25, 0.3) is 0 Å². The third-order valence-electron chi connectivity index (χ3n) is 7.84. The lowest BCUT2D eigenvalue weighted by molar-refractivity contribution is -0.167. The van der Waals surface area contributed by atoms with Crippen molar-refractivity contribution in [1.29, 1.82) is 0 Å². The number of hydrogen-bond donors (Lipinski definition) is 0. The number of halogens is 1. The van der Waals surface area contributed by atoms with Gasteiger partial charge in [0.15, 0.2) is 0 Å². The molecular weight excluding hydrogens is 469 g/mol. The maximum Gasteiger partial charge on any atom is 0.337 e. The molecule has 3 aromatic rings. The average molecular weight is 506 g/mol. The summed E-state index contributed by atoms with van der Waals surface area (Å²) in [5, 5.41) is 1.08. The lowest BCUT2D eigenvalue weighted by Crippen LogP contribution is -2.39. The van der Waals surface area contributed by atoms with Gasteiger partial charge in [-0.15, -0.1) is 0 Å². The molecule has 196 valence electrons. The summed E-state index contributed by atoms with van der Waals surface area (Å²) in [6.45, 7) is 7.85. The molecule has 1 fully saturated rings. The van der Waals surface area contributed by atoms with Crippen molar-refractivity contribution in [2.45, 2.75) is 84.3 Å². The van der Waals surface area contributed by atoms with Gasteiger partial charge >= 0.3 is 11.9 Å². The van der Waals surface area contributed by atoms with Crippen molar-refractivity contribution < 1.29 is 23.5 Å². The first-order valence-corrected chi connectivity index (χ1v) is 13.3. The van der Waals surface area contributed by atoms with E-state index in [9.17, 15) is 14.0 Å². The van der Waals surface area contributed by atoms with Crippen molar-refractivity contribution in [1.82, 2.24) is 4.57 Å². The smallest absolute Gasteiger partial charge is 0.337 e. The molecule has 2 aromatic carbocycles. The molecule has 0 N–H and O–H groups in total. The van der Waals surface area contributed by atoms with E-state index in [1.54, 1.807) is 6.07 Å². The highest BCUT2D eigenvalue weighted by Crippen LogP contribution is 2.48. The SMILES string of the molecule is COC(=O)c1ccc2c(C3CCCCC3)c3n(c2c1)CC(C)(C(=O)OC(C)(C)C)Cc1cc(F)ccc1-3. The molecule has 1 aliphatic carbocycles. The fourth-order valence-electron chi connectivity index (χ4n) is 6.18. The number of benzene rings is 2. The normalized spacial score (nSPS) is 20.2. The van der Waals surface area contributed by atoms with Crippen molar-refractivity contribution in [3.63, 3.8) is 0 Å². The molecule has 1 atom stereocenters. The molecule has 1 saturated carbocycles. The van der Waals surface area contributed by atoms with Gasteiger partial charge < -0.3 is 14.0 Å². The van der Waals surface area contributed by atoms with E-state index in [2.05, 4.69) is 4.57 Å². The van der Waals surface area contributed by atoms with Crippen LogP contribution in [0.25, 0.3) is 22.2 Å². The molecular formula is C31H36FNO4. The largest absolute Gasteiger partial charge is 0.465 e. The second-order valence-corrected chi connectivity index (χ2v) is 11.9. The van der Waals surface area contributed by atoms with E-state index in [-0.39, 0.29) is 11.8 Å². The van der Waals surface area contributed by atoms with E-state index in [1.165, 1.54) is 38.0 Å². The van der Waals surface area contributed by atoms with E-state index >= 15 is 0 Å². The van der Waals surface area contributed by atoms with E-state index in [1.807, 2.05) is 52.0 Å². The Morgan fingerprint density at radius 2 is 1.78 bits per heavy atom. The van der Waals surface area contributed by atoms with Crippen molar-refractivity contribution >= 4 is 22.8 Å². The Bertz CT molecular complexity index is 1380. The second-order valence-electron chi connectivity index (χ2n) is 11.9. The summed E-state index contributed by atoms with van der Waals surface area (Å²) in [7, 11) is 1.38. The predicted molar refractivity (Wildman–Crippen MR) is 142 cm³/mol. The van der Waals surface area contributed by atoms with Gasteiger partial charge in [0.1, 0.15) is 11.4 Å². The monoisotopic (exact) mass is 505 g/mol. The van der Waals surface area contributed by atoms with Gasteiger partial charge in [-0.2, -0.15) is 0 Å². The zero-order chi connectivity index (χ0) is 26.5. The Kier molecular flexibility index (Phi) is 6.41.